The van der Waals surface area contributed by atoms with Crippen LogP contribution in [-0.2, 0) is 6.18 Å². The van der Waals surface area contributed by atoms with Crippen LogP contribution in [0.2, 0.25) is 0 Å². The minimum absolute atomic E-state index is 0.202. The molecule has 2 atom stereocenters. The number of hydrogen-bond acceptors (Lipinski definition) is 2. The van der Waals surface area contributed by atoms with Crippen molar-refractivity contribution in [2.45, 2.75) is 31.6 Å². The van der Waals surface area contributed by atoms with Crippen LogP contribution >= 0.6 is 11.8 Å². The molecule has 2 rings (SSSR count). The third-order valence-electron chi connectivity index (χ3n) is 3.17. The predicted octanol–water partition coefficient (Wildman–Crippen LogP) is 3.86. The van der Waals surface area contributed by atoms with Gasteiger partial charge >= 0.3 is 6.18 Å². The lowest BCUT2D eigenvalue weighted by Crippen LogP contribution is -2.40. The molecule has 1 saturated heterocycles. The Bertz CT molecular complexity index is 405. The van der Waals surface area contributed by atoms with E-state index < -0.39 is 11.7 Å². The third-order valence-corrected chi connectivity index (χ3v) is 4.38. The predicted molar refractivity (Wildman–Crippen MR) is 68.7 cm³/mol. The maximum Gasteiger partial charge on any atom is 0.416 e. The molecule has 1 fully saturated rings. The Kier molecular flexibility index (Phi) is 4.22. The van der Waals surface area contributed by atoms with Crippen LogP contribution < -0.4 is 5.32 Å². The highest BCUT2D eigenvalue weighted by molar-refractivity contribution is 7.99. The van der Waals surface area contributed by atoms with Crippen LogP contribution in [0.1, 0.15) is 30.5 Å². The van der Waals surface area contributed by atoms with Crippen LogP contribution in [0.3, 0.4) is 0 Å². The van der Waals surface area contributed by atoms with Crippen molar-refractivity contribution in [3.05, 3.63) is 35.4 Å². The highest BCUT2D eigenvalue weighted by Gasteiger charge is 2.35. The molecule has 1 aromatic carbocycles. The Hall–Kier alpha value is -0.680. The van der Waals surface area contributed by atoms with E-state index in [0.29, 0.717) is 17.4 Å². The van der Waals surface area contributed by atoms with Gasteiger partial charge in [-0.05, 0) is 18.1 Å². The zero-order valence-corrected chi connectivity index (χ0v) is 10.9. The molecule has 1 aliphatic rings. The van der Waals surface area contributed by atoms with Gasteiger partial charge in [0.1, 0.15) is 0 Å². The lowest BCUT2D eigenvalue weighted by Gasteiger charge is -2.31. The van der Waals surface area contributed by atoms with Crippen LogP contribution in [0.15, 0.2) is 24.3 Å². The molecule has 0 bridgehead atoms. The van der Waals surface area contributed by atoms with E-state index in [1.54, 1.807) is 23.9 Å². The number of hydrogen-bond donors (Lipinski definition) is 1. The van der Waals surface area contributed by atoms with Gasteiger partial charge in [-0.2, -0.15) is 24.9 Å². The van der Waals surface area contributed by atoms with Gasteiger partial charge in [0, 0.05) is 23.6 Å². The standard InChI is InChI=1S/C13H16F3NS/c1-2-9-7-18-8-12(17-9)10-5-3-4-6-11(10)13(14,15)16/h3-6,9,12,17H,2,7-8H2,1H3. The lowest BCUT2D eigenvalue weighted by molar-refractivity contribution is -0.138. The van der Waals surface area contributed by atoms with Gasteiger partial charge in [0.25, 0.3) is 0 Å². The van der Waals surface area contributed by atoms with E-state index in [-0.39, 0.29) is 6.04 Å². The minimum atomic E-state index is -4.28. The summed E-state index contributed by atoms with van der Waals surface area (Å²) in [5.74, 6) is 1.67. The molecule has 5 heteroatoms. The van der Waals surface area contributed by atoms with Crippen molar-refractivity contribution < 1.29 is 13.2 Å². The van der Waals surface area contributed by atoms with Gasteiger partial charge in [0.2, 0.25) is 0 Å². The molecule has 0 aromatic heterocycles. The first-order valence-electron chi connectivity index (χ1n) is 6.02. The molecule has 0 spiro atoms. The minimum Gasteiger partial charge on any atom is -0.306 e. The van der Waals surface area contributed by atoms with E-state index in [9.17, 15) is 13.2 Å². The number of benzene rings is 1. The van der Waals surface area contributed by atoms with E-state index in [0.717, 1.165) is 18.2 Å². The number of alkyl halides is 3. The van der Waals surface area contributed by atoms with Crippen molar-refractivity contribution >= 4 is 11.8 Å². The van der Waals surface area contributed by atoms with Crippen molar-refractivity contribution in [3.63, 3.8) is 0 Å². The summed E-state index contributed by atoms with van der Waals surface area (Å²) in [5.41, 5.74) is -0.143. The SMILES string of the molecule is CCC1CSCC(c2ccccc2C(F)(F)F)N1. The van der Waals surface area contributed by atoms with Crippen molar-refractivity contribution in [1.29, 1.82) is 0 Å². The summed E-state index contributed by atoms with van der Waals surface area (Å²) in [6.07, 6.45) is -3.33. The molecule has 0 amide bonds. The molecule has 0 aliphatic carbocycles. The summed E-state index contributed by atoms with van der Waals surface area (Å²) in [5, 5.41) is 3.31. The molecule has 1 N–H and O–H groups in total. The molecular weight excluding hydrogens is 259 g/mol. The van der Waals surface area contributed by atoms with Crippen LogP contribution in [0.4, 0.5) is 13.2 Å². The Morgan fingerprint density at radius 3 is 2.67 bits per heavy atom. The molecule has 0 radical (unpaired) electrons. The summed E-state index contributed by atoms with van der Waals surface area (Å²) < 4.78 is 38.8. The van der Waals surface area contributed by atoms with E-state index in [1.165, 1.54) is 6.07 Å². The topological polar surface area (TPSA) is 12.0 Å². The number of nitrogens with one attached hydrogen (secondary N) is 1. The maximum absolute atomic E-state index is 12.9. The average Bonchev–Trinajstić information content (AvgIpc) is 2.38. The Balaban J connectivity index is 2.27. The third kappa shape index (κ3) is 3.01. The van der Waals surface area contributed by atoms with Crippen LogP contribution in [0.25, 0.3) is 0 Å². The molecule has 1 aliphatic heterocycles. The highest BCUT2D eigenvalue weighted by atomic mass is 32.2. The first-order chi connectivity index (χ1) is 8.52. The van der Waals surface area contributed by atoms with E-state index >= 15 is 0 Å². The van der Waals surface area contributed by atoms with Crippen molar-refractivity contribution in [3.8, 4) is 0 Å². The Morgan fingerprint density at radius 1 is 1.28 bits per heavy atom. The molecule has 2 unspecified atom stereocenters. The van der Waals surface area contributed by atoms with E-state index in [2.05, 4.69) is 12.2 Å². The normalized spacial score (nSPS) is 25.1. The molecule has 1 aromatic rings. The fourth-order valence-electron chi connectivity index (χ4n) is 2.18. The number of thioether (sulfide) groups is 1. The van der Waals surface area contributed by atoms with Gasteiger partial charge in [-0.15, -0.1) is 0 Å². The van der Waals surface area contributed by atoms with Gasteiger partial charge in [-0.3, -0.25) is 0 Å². The van der Waals surface area contributed by atoms with Gasteiger partial charge in [0.05, 0.1) is 5.56 Å². The van der Waals surface area contributed by atoms with E-state index in [4.69, 9.17) is 0 Å². The zero-order chi connectivity index (χ0) is 13.2. The monoisotopic (exact) mass is 275 g/mol. The Labute approximate surface area is 109 Å². The lowest BCUT2D eigenvalue weighted by atomic mass is 10.00. The first-order valence-corrected chi connectivity index (χ1v) is 7.17. The molecule has 1 nitrogen and oxygen atoms in total. The fourth-order valence-corrected chi connectivity index (χ4v) is 3.45. The summed E-state index contributed by atoms with van der Waals surface area (Å²) in [6, 6.07) is 5.96. The van der Waals surface area contributed by atoms with E-state index in [1.807, 2.05) is 0 Å². The largest absolute Gasteiger partial charge is 0.416 e. The zero-order valence-electron chi connectivity index (χ0n) is 10.1. The van der Waals surface area contributed by atoms with Gasteiger partial charge < -0.3 is 5.32 Å². The van der Waals surface area contributed by atoms with Crippen molar-refractivity contribution in [1.82, 2.24) is 5.32 Å². The second-order valence-corrected chi connectivity index (χ2v) is 5.52. The number of halogens is 3. The summed E-state index contributed by atoms with van der Waals surface area (Å²) in [4.78, 5) is 0. The number of rotatable bonds is 2. The summed E-state index contributed by atoms with van der Waals surface area (Å²) >= 11 is 1.72. The maximum atomic E-state index is 12.9. The molecule has 100 valence electrons. The van der Waals surface area contributed by atoms with Crippen molar-refractivity contribution in [2.75, 3.05) is 11.5 Å². The van der Waals surface area contributed by atoms with Gasteiger partial charge in [-0.25, -0.2) is 0 Å². The first kappa shape index (κ1) is 13.7. The van der Waals surface area contributed by atoms with Crippen LogP contribution in [0, 0.1) is 0 Å². The molecule has 18 heavy (non-hydrogen) atoms. The summed E-state index contributed by atoms with van der Waals surface area (Å²) in [7, 11) is 0. The Morgan fingerprint density at radius 2 is 2.00 bits per heavy atom. The highest BCUT2D eigenvalue weighted by Crippen LogP contribution is 2.36. The average molecular weight is 275 g/mol. The molecule has 1 heterocycles. The smallest absolute Gasteiger partial charge is 0.306 e. The quantitative estimate of drug-likeness (QED) is 0.879. The van der Waals surface area contributed by atoms with Gasteiger partial charge in [-0.1, -0.05) is 25.1 Å². The van der Waals surface area contributed by atoms with Crippen LogP contribution in [0.5, 0.6) is 0 Å². The summed E-state index contributed by atoms with van der Waals surface area (Å²) in [6.45, 7) is 2.05. The van der Waals surface area contributed by atoms with Crippen molar-refractivity contribution in [2.24, 2.45) is 0 Å². The second kappa shape index (κ2) is 5.53. The molecule has 0 saturated carbocycles. The van der Waals surface area contributed by atoms with Gasteiger partial charge in [0.15, 0.2) is 0 Å². The fraction of sp³-hybridized carbons (Fsp3) is 0.538. The van der Waals surface area contributed by atoms with Crippen LogP contribution in [-0.4, -0.2) is 17.5 Å². The second-order valence-electron chi connectivity index (χ2n) is 4.45. The molecular formula is C13H16F3NS.